The number of hydrogen-bond donors (Lipinski definition) is 2. The Morgan fingerprint density at radius 3 is 3.07 bits per heavy atom. The first kappa shape index (κ1) is 19.5. The van der Waals surface area contributed by atoms with Gasteiger partial charge in [0, 0.05) is 44.4 Å². The number of para-hydroxylation sites is 1. The van der Waals surface area contributed by atoms with E-state index in [1.165, 1.54) is 18.7 Å². The summed E-state index contributed by atoms with van der Waals surface area (Å²) in [5.41, 5.74) is 2.26. The third-order valence-corrected chi connectivity index (χ3v) is 5.70. The van der Waals surface area contributed by atoms with Gasteiger partial charge < -0.3 is 24.7 Å². The number of carbonyl (C=O) groups excluding carboxylic acids is 1. The van der Waals surface area contributed by atoms with Crippen LogP contribution in [0.15, 0.2) is 35.1 Å². The molecule has 0 fully saturated rings. The monoisotopic (exact) mass is 397 g/mol. The molecular weight excluding hydrogens is 370 g/mol. The smallest absolute Gasteiger partial charge is 0.256 e. The number of amides is 1. The molecule has 29 heavy (non-hydrogen) atoms. The van der Waals surface area contributed by atoms with E-state index in [-0.39, 0.29) is 11.5 Å². The van der Waals surface area contributed by atoms with Crippen molar-refractivity contribution in [2.75, 3.05) is 33.4 Å². The van der Waals surface area contributed by atoms with Crippen LogP contribution >= 0.6 is 0 Å². The van der Waals surface area contributed by atoms with E-state index < -0.39 is 0 Å². The summed E-state index contributed by atoms with van der Waals surface area (Å²) in [6.45, 7) is 3.18. The zero-order valence-electron chi connectivity index (χ0n) is 16.7. The lowest BCUT2D eigenvalue weighted by Gasteiger charge is -2.19. The van der Waals surface area contributed by atoms with Crippen molar-refractivity contribution in [3.8, 4) is 11.5 Å². The van der Waals surface area contributed by atoms with E-state index in [9.17, 15) is 9.59 Å². The summed E-state index contributed by atoms with van der Waals surface area (Å²) in [5, 5.41) is 6.36. The third kappa shape index (κ3) is 4.15. The van der Waals surface area contributed by atoms with Crippen LogP contribution in [0.25, 0.3) is 0 Å². The molecule has 4 rings (SSSR count). The molecule has 0 aliphatic carbocycles. The summed E-state index contributed by atoms with van der Waals surface area (Å²) < 4.78 is 12.9. The Bertz CT molecular complexity index is 954. The zero-order valence-corrected chi connectivity index (χ0v) is 16.7. The van der Waals surface area contributed by atoms with E-state index in [0.29, 0.717) is 49.9 Å². The molecule has 0 saturated heterocycles. The van der Waals surface area contributed by atoms with Gasteiger partial charge in [0.25, 0.3) is 11.5 Å². The summed E-state index contributed by atoms with van der Waals surface area (Å²) in [4.78, 5) is 25.6. The van der Waals surface area contributed by atoms with Gasteiger partial charge in [0.05, 0.1) is 13.7 Å². The first-order valence-corrected chi connectivity index (χ1v) is 10.2. The Morgan fingerprint density at radius 2 is 2.21 bits per heavy atom. The number of fused-ring (bicyclic) bond motifs is 2. The molecule has 3 heterocycles. The third-order valence-electron chi connectivity index (χ3n) is 5.70. The highest BCUT2D eigenvalue weighted by atomic mass is 16.5. The molecule has 2 aromatic rings. The molecule has 1 aromatic carbocycles. The van der Waals surface area contributed by atoms with Crippen LogP contribution in [0.2, 0.25) is 0 Å². The number of pyridine rings is 1. The van der Waals surface area contributed by atoms with Crippen LogP contribution < -0.4 is 25.7 Å². The maximum absolute atomic E-state index is 13.1. The summed E-state index contributed by atoms with van der Waals surface area (Å²) in [5.74, 6) is 1.38. The van der Waals surface area contributed by atoms with Gasteiger partial charge in [-0.3, -0.25) is 9.59 Å². The van der Waals surface area contributed by atoms with Crippen molar-refractivity contribution in [2.24, 2.45) is 5.92 Å². The molecule has 1 atom stereocenters. The lowest BCUT2D eigenvalue weighted by atomic mass is 9.96. The number of methoxy groups -OCH3 is 1. The number of nitrogens with zero attached hydrogens (tertiary/aromatic N) is 1. The molecule has 1 amide bonds. The molecule has 2 aliphatic heterocycles. The highest BCUT2D eigenvalue weighted by molar-refractivity contribution is 5.98. The van der Waals surface area contributed by atoms with Gasteiger partial charge in [0.2, 0.25) is 0 Å². The number of ether oxygens (including phenoxy) is 2. The summed E-state index contributed by atoms with van der Waals surface area (Å²) in [7, 11) is 1.50. The van der Waals surface area contributed by atoms with Crippen LogP contribution in [-0.4, -0.2) is 43.8 Å². The Kier molecular flexibility index (Phi) is 5.85. The molecule has 2 N–H and O–H groups in total. The van der Waals surface area contributed by atoms with Crippen LogP contribution in [0.5, 0.6) is 11.5 Å². The van der Waals surface area contributed by atoms with E-state index in [0.717, 1.165) is 30.8 Å². The molecule has 0 saturated carbocycles. The zero-order chi connectivity index (χ0) is 20.2. The van der Waals surface area contributed by atoms with Gasteiger partial charge in [-0.1, -0.05) is 18.2 Å². The highest BCUT2D eigenvalue weighted by Crippen LogP contribution is 2.27. The van der Waals surface area contributed by atoms with Crippen molar-refractivity contribution in [1.82, 2.24) is 15.2 Å². The van der Waals surface area contributed by atoms with Gasteiger partial charge in [-0.25, -0.2) is 0 Å². The maximum atomic E-state index is 13.1. The van der Waals surface area contributed by atoms with Gasteiger partial charge in [0.15, 0.2) is 0 Å². The average Bonchev–Trinajstić information content (AvgIpc) is 3.10. The molecule has 7 heteroatoms. The fourth-order valence-corrected chi connectivity index (χ4v) is 4.17. The van der Waals surface area contributed by atoms with E-state index >= 15 is 0 Å². The number of benzene rings is 1. The van der Waals surface area contributed by atoms with Gasteiger partial charge in [-0.15, -0.1) is 0 Å². The minimum Gasteiger partial charge on any atom is -0.496 e. The van der Waals surface area contributed by atoms with Crippen LogP contribution in [-0.2, 0) is 19.4 Å². The number of nitrogens with one attached hydrogen (secondary N) is 2. The Hall–Kier alpha value is -2.80. The predicted molar refractivity (Wildman–Crippen MR) is 110 cm³/mol. The van der Waals surface area contributed by atoms with Crippen LogP contribution in [0.3, 0.4) is 0 Å². The SMILES string of the molecule is COc1cc(=O)n2c(c1C(=O)NCC1CCOc3ccccc3C1)CCNCC2. The average molecular weight is 397 g/mol. The van der Waals surface area contributed by atoms with E-state index in [1.54, 1.807) is 4.57 Å². The number of carbonyl (C=O) groups is 1. The fraction of sp³-hybridized carbons (Fsp3) is 0.455. The lowest BCUT2D eigenvalue weighted by Crippen LogP contribution is -2.34. The van der Waals surface area contributed by atoms with Crippen LogP contribution in [0.4, 0.5) is 0 Å². The standard InChI is InChI=1S/C22H27N3O4/c1-28-19-13-20(26)25-10-9-23-8-6-17(25)21(19)22(27)24-14-15-7-11-29-18-5-3-2-4-16(18)12-15/h2-5,13,15,23H,6-12,14H2,1H3,(H,24,27). The van der Waals surface area contributed by atoms with Crippen LogP contribution in [0, 0.1) is 5.92 Å². The maximum Gasteiger partial charge on any atom is 0.256 e. The Labute approximate surface area is 170 Å². The summed E-state index contributed by atoms with van der Waals surface area (Å²) in [6, 6.07) is 9.48. The number of rotatable bonds is 4. The molecule has 1 unspecified atom stereocenters. The number of hydrogen-bond acceptors (Lipinski definition) is 5. The van der Waals surface area contributed by atoms with E-state index in [4.69, 9.17) is 9.47 Å². The second-order valence-corrected chi connectivity index (χ2v) is 7.55. The molecule has 154 valence electrons. The van der Waals surface area contributed by atoms with E-state index in [2.05, 4.69) is 16.7 Å². The quantitative estimate of drug-likeness (QED) is 0.815. The predicted octanol–water partition coefficient (Wildman–Crippen LogP) is 1.37. The Morgan fingerprint density at radius 1 is 1.34 bits per heavy atom. The minimum absolute atomic E-state index is 0.130. The molecule has 0 radical (unpaired) electrons. The summed E-state index contributed by atoms with van der Waals surface area (Å²) >= 11 is 0. The topological polar surface area (TPSA) is 81.6 Å². The van der Waals surface area contributed by atoms with Gasteiger partial charge in [-0.2, -0.15) is 0 Å². The first-order chi connectivity index (χ1) is 14.2. The van der Waals surface area contributed by atoms with Crippen LogP contribution in [0.1, 0.15) is 28.0 Å². The van der Waals surface area contributed by atoms with Crippen molar-refractivity contribution in [2.45, 2.75) is 25.8 Å². The van der Waals surface area contributed by atoms with Crippen molar-refractivity contribution in [3.05, 3.63) is 57.5 Å². The van der Waals surface area contributed by atoms with Crippen molar-refractivity contribution >= 4 is 5.91 Å². The normalized spacial score (nSPS) is 18.4. The van der Waals surface area contributed by atoms with Gasteiger partial charge in [0.1, 0.15) is 17.1 Å². The first-order valence-electron chi connectivity index (χ1n) is 10.2. The van der Waals surface area contributed by atoms with Crippen molar-refractivity contribution in [1.29, 1.82) is 0 Å². The van der Waals surface area contributed by atoms with Crippen molar-refractivity contribution < 1.29 is 14.3 Å². The molecule has 1 aromatic heterocycles. The molecule has 0 spiro atoms. The van der Waals surface area contributed by atoms with Gasteiger partial charge in [-0.05, 0) is 30.4 Å². The second-order valence-electron chi connectivity index (χ2n) is 7.55. The number of aromatic nitrogens is 1. The molecular formula is C22H27N3O4. The second kappa shape index (κ2) is 8.69. The lowest BCUT2D eigenvalue weighted by molar-refractivity contribution is 0.0940. The van der Waals surface area contributed by atoms with E-state index in [1.807, 2.05) is 18.2 Å². The molecule has 2 aliphatic rings. The summed E-state index contributed by atoms with van der Waals surface area (Å²) in [6.07, 6.45) is 2.35. The largest absolute Gasteiger partial charge is 0.496 e. The highest BCUT2D eigenvalue weighted by Gasteiger charge is 2.24. The molecule has 0 bridgehead atoms. The Balaban J connectivity index is 1.54. The van der Waals surface area contributed by atoms with Gasteiger partial charge >= 0.3 is 0 Å². The van der Waals surface area contributed by atoms with Crippen molar-refractivity contribution in [3.63, 3.8) is 0 Å². The fourth-order valence-electron chi connectivity index (χ4n) is 4.17. The minimum atomic E-state index is -0.189. The molecule has 7 nitrogen and oxygen atoms in total.